The lowest BCUT2D eigenvalue weighted by Crippen LogP contribution is -2.45. The van der Waals surface area contributed by atoms with Crippen LogP contribution in [-0.2, 0) is 27.7 Å². The fourth-order valence-corrected chi connectivity index (χ4v) is 6.49. The van der Waals surface area contributed by atoms with Gasteiger partial charge in [-0.15, -0.1) is 11.3 Å². The van der Waals surface area contributed by atoms with E-state index in [-0.39, 0.29) is 30.0 Å². The van der Waals surface area contributed by atoms with Gasteiger partial charge >= 0.3 is 0 Å². The second-order valence-electron chi connectivity index (χ2n) is 6.67. The molecule has 3 heterocycles. The number of hydrogen-bond acceptors (Lipinski definition) is 6. The van der Waals surface area contributed by atoms with E-state index in [4.69, 9.17) is 4.42 Å². The third-order valence-corrected chi connectivity index (χ3v) is 8.05. The van der Waals surface area contributed by atoms with E-state index in [1.165, 1.54) is 4.88 Å². The van der Waals surface area contributed by atoms with E-state index in [0.717, 1.165) is 10.3 Å². The van der Waals surface area contributed by atoms with Gasteiger partial charge in [0, 0.05) is 17.5 Å². The zero-order valence-electron chi connectivity index (χ0n) is 15.1. The van der Waals surface area contributed by atoms with Crippen LogP contribution >= 0.6 is 27.3 Å². The quantitative estimate of drug-likeness (QED) is 0.587. The fourth-order valence-electron chi connectivity index (χ4n) is 3.23. The summed E-state index contributed by atoms with van der Waals surface area (Å²) in [5, 5.41) is 0. The van der Waals surface area contributed by atoms with Gasteiger partial charge < -0.3 is 9.32 Å². The Morgan fingerprint density at radius 2 is 2.15 bits per heavy atom. The highest BCUT2D eigenvalue weighted by molar-refractivity contribution is 9.11. The van der Waals surface area contributed by atoms with Crippen molar-refractivity contribution in [2.24, 2.45) is 0 Å². The van der Waals surface area contributed by atoms with Gasteiger partial charge in [0.2, 0.25) is 5.91 Å². The van der Waals surface area contributed by atoms with Crippen LogP contribution in [0.4, 0.5) is 0 Å². The first-order chi connectivity index (χ1) is 12.9. The van der Waals surface area contributed by atoms with Gasteiger partial charge in [-0.2, -0.15) is 0 Å². The number of nitrogens with zero attached hydrogens (tertiary/aromatic N) is 2. The van der Waals surface area contributed by atoms with Gasteiger partial charge in [-0.25, -0.2) is 8.42 Å². The minimum atomic E-state index is -3.07. The summed E-state index contributed by atoms with van der Waals surface area (Å²) in [6, 6.07) is 7.34. The summed E-state index contributed by atoms with van der Waals surface area (Å²) < 4.78 is 30.3. The topological polar surface area (TPSA) is 70.8 Å². The van der Waals surface area contributed by atoms with Crippen molar-refractivity contribution in [2.45, 2.75) is 32.5 Å². The Bertz CT molecular complexity index is 864. The van der Waals surface area contributed by atoms with Crippen LogP contribution < -0.4 is 0 Å². The molecular weight excluding hydrogens is 452 g/mol. The van der Waals surface area contributed by atoms with Crippen LogP contribution in [0, 0.1) is 0 Å². The van der Waals surface area contributed by atoms with Crippen molar-refractivity contribution < 1.29 is 17.6 Å². The van der Waals surface area contributed by atoms with E-state index in [0.29, 0.717) is 25.3 Å². The molecule has 1 aliphatic heterocycles. The largest absolute Gasteiger partial charge is 0.467 e. The molecule has 1 amide bonds. The molecule has 1 atom stereocenters. The monoisotopic (exact) mass is 474 g/mol. The number of hydrogen-bond donors (Lipinski definition) is 0. The van der Waals surface area contributed by atoms with Crippen molar-refractivity contribution in [3.8, 4) is 0 Å². The SMILES string of the molecule is CCN(CC(=O)N(Cc1ccco1)[C@@H]1CCS(=O)(=O)C1)Cc1ccc(Br)s1. The van der Waals surface area contributed by atoms with Gasteiger partial charge in [-0.1, -0.05) is 6.92 Å². The molecule has 1 aliphatic rings. The first-order valence-corrected chi connectivity index (χ1v) is 12.3. The lowest BCUT2D eigenvalue weighted by Gasteiger charge is -2.30. The highest BCUT2D eigenvalue weighted by Gasteiger charge is 2.35. The van der Waals surface area contributed by atoms with Gasteiger partial charge in [0.15, 0.2) is 9.84 Å². The van der Waals surface area contributed by atoms with Crippen LogP contribution in [0.15, 0.2) is 38.7 Å². The summed E-state index contributed by atoms with van der Waals surface area (Å²) >= 11 is 5.12. The van der Waals surface area contributed by atoms with Crippen molar-refractivity contribution >= 4 is 43.0 Å². The highest BCUT2D eigenvalue weighted by Crippen LogP contribution is 2.24. The molecule has 27 heavy (non-hydrogen) atoms. The number of halogens is 1. The van der Waals surface area contributed by atoms with Gasteiger partial charge in [0.25, 0.3) is 0 Å². The van der Waals surface area contributed by atoms with Gasteiger partial charge in [-0.3, -0.25) is 9.69 Å². The third-order valence-electron chi connectivity index (χ3n) is 4.69. The van der Waals surface area contributed by atoms with Gasteiger partial charge in [0.1, 0.15) is 5.76 Å². The Labute approximate surface area is 172 Å². The Balaban J connectivity index is 1.71. The molecule has 9 heteroatoms. The van der Waals surface area contributed by atoms with Crippen molar-refractivity contribution in [1.29, 1.82) is 0 Å². The van der Waals surface area contributed by atoms with Gasteiger partial charge in [-0.05, 0) is 53.2 Å². The Morgan fingerprint density at radius 3 is 2.70 bits per heavy atom. The first kappa shape index (κ1) is 20.6. The van der Waals surface area contributed by atoms with E-state index >= 15 is 0 Å². The number of furan rings is 1. The molecule has 0 saturated carbocycles. The standard InChI is InChI=1S/C18H23BrN2O4S2/c1-2-20(11-16-5-6-17(19)26-16)12-18(22)21(10-15-4-3-8-25-15)14-7-9-27(23,24)13-14/h3-6,8,14H,2,7,9-13H2,1H3/t14-/m1/s1. The molecule has 0 bridgehead atoms. The average Bonchev–Trinajstić information content (AvgIpc) is 3.34. The molecule has 1 saturated heterocycles. The Kier molecular flexibility index (Phi) is 6.78. The molecular formula is C18H23BrN2O4S2. The highest BCUT2D eigenvalue weighted by atomic mass is 79.9. The van der Waals surface area contributed by atoms with Crippen LogP contribution in [0.2, 0.25) is 0 Å². The number of likely N-dealkylation sites (N-methyl/N-ethyl adjacent to an activating group) is 1. The van der Waals surface area contributed by atoms with E-state index in [1.54, 1.807) is 28.6 Å². The summed E-state index contributed by atoms with van der Waals surface area (Å²) in [5.41, 5.74) is 0. The molecule has 0 unspecified atom stereocenters. The summed E-state index contributed by atoms with van der Waals surface area (Å²) in [6.07, 6.45) is 2.05. The Hall–Kier alpha value is -1.16. The third kappa shape index (κ3) is 5.66. The molecule has 0 aliphatic carbocycles. The lowest BCUT2D eigenvalue weighted by molar-refractivity contribution is -0.135. The van der Waals surface area contributed by atoms with E-state index < -0.39 is 9.84 Å². The van der Waals surface area contributed by atoms with E-state index in [9.17, 15) is 13.2 Å². The van der Waals surface area contributed by atoms with Gasteiger partial charge in [0.05, 0.1) is 34.6 Å². The smallest absolute Gasteiger partial charge is 0.237 e. The molecule has 2 aromatic heterocycles. The average molecular weight is 475 g/mol. The fraction of sp³-hybridized carbons (Fsp3) is 0.500. The molecule has 0 aromatic carbocycles. The summed E-state index contributed by atoms with van der Waals surface area (Å²) in [6.45, 7) is 4.00. The van der Waals surface area contributed by atoms with E-state index in [2.05, 4.69) is 20.8 Å². The molecule has 1 fully saturated rings. The maximum absolute atomic E-state index is 13.1. The molecule has 148 valence electrons. The zero-order chi connectivity index (χ0) is 19.4. The van der Waals surface area contributed by atoms with Crippen LogP contribution in [0.5, 0.6) is 0 Å². The normalized spacial score (nSPS) is 18.9. The maximum Gasteiger partial charge on any atom is 0.237 e. The molecule has 0 N–H and O–H groups in total. The first-order valence-electron chi connectivity index (χ1n) is 8.85. The second-order valence-corrected chi connectivity index (χ2v) is 11.4. The maximum atomic E-state index is 13.1. The van der Waals surface area contributed by atoms with Crippen molar-refractivity contribution in [2.75, 3.05) is 24.6 Å². The predicted molar refractivity (Wildman–Crippen MR) is 109 cm³/mol. The number of carbonyl (C=O) groups excluding carboxylic acids is 1. The molecule has 3 rings (SSSR count). The minimum absolute atomic E-state index is 0.0312. The van der Waals surface area contributed by atoms with Crippen LogP contribution in [0.25, 0.3) is 0 Å². The number of thiophene rings is 1. The number of rotatable bonds is 8. The van der Waals surface area contributed by atoms with Crippen molar-refractivity contribution in [3.63, 3.8) is 0 Å². The molecule has 6 nitrogen and oxygen atoms in total. The lowest BCUT2D eigenvalue weighted by atomic mass is 10.2. The number of sulfone groups is 1. The predicted octanol–water partition coefficient (Wildman–Crippen LogP) is 3.14. The van der Waals surface area contributed by atoms with E-state index in [1.807, 2.05) is 25.1 Å². The zero-order valence-corrected chi connectivity index (χ0v) is 18.4. The minimum Gasteiger partial charge on any atom is -0.467 e. The molecule has 0 radical (unpaired) electrons. The van der Waals surface area contributed by atoms with Crippen LogP contribution in [0.3, 0.4) is 0 Å². The Morgan fingerprint density at radius 1 is 1.33 bits per heavy atom. The van der Waals surface area contributed by atoms with Crippen LogP contribution in [-0.4, -0.2) is 54.8 Å². The number of carbonyl (C=O) groups is 1. The molecule has 2 aromatic rings. The van der Waals surface area contributed by atoms with Crippen molar-refractivity contribution in [1.82, 2.24) is 9.80 Å². The summed E-state index contributed by atoms with van der Waals surface area (Å²) in [5.74, 6) is 0.771. The number of amides is 1. The second kappa shape index (κ2) is 8.89. The summed E-state index contributed by atoms with van der Waals surface area (Å²) in [7, 11) is -3.07. The van der Waals surface area contributed by atoms with Crippen molar-refractivity contribution in [3.05, 3.63) is 45.0 Å². The summed E-state index contributed by atoms with van der Waals surface area (Å²) in [4.78, 5) is 18.0. The van der Waals surface area contributed by atoms with Crippen LogP contribution in [0.1, 0.15) is 24.0 Å². The molecule has 0 spiro atoms.